The Kier molecular flexibility index (Phi) is 4.33. The molecule has 98 valence electrons. The van der Waals surface area contributed by atoms with Crippen LogP contribution in [-0.2, 0) is 0 Å². The molecule has 1 amide bonds. The number of hydrogen-bond donors (Lipinski definition) is 3. The van der Waals surface area contributed by atoms with Crippen LogP contribution in [0, 0.1) is 10.5 Å². The van der Waals surface area contributed by atoms with Crippen molar-refractivity contribution in [1.82, 2.24) is 4.98 Å². The molecule has 1 heterocycles. The topological polar surface area (TPSA) is 80.0 Å². The van der Waals surface area contributed by atoms with E-state index in [0.29, 0.717) is 11.4 Å². The van der Waals surface area contributed by atoms with Crippen LogP contribution in [0.15, 0.2) is 36.4 Å². The SMILES string of the molecule is Cc1cc(C(=O)Nc2ccc(I)cc2)cc(NN)n1. The number of nitrogen functional groups attached to an aromatic ring is 1. The monoisotopic (exact) mass is 368 g/mol. The van der Waals surface area contributed by atoms with Crippen LogP contribution in [0.3, 0.4) is 0 Å². The minimum absolute atomic E-state index is 0.191. The number of benzene rings is 1. The van der Waals surface area contributed by atoms with Crippen LogP contribution in [0.25, 0.3) is 0 Å². The molecule has 0 fully saturated rings. The summed E-state index contributed by atoms with van der Waals surface area (Å²) in [6.45, 7) is 1.81. The number of hydrazine groups is 1. The summed E-state index contributed by atoms with van der Waals surface area (Å²) < 4.78 is 1.12. The molecule has 1 aromatic carbocycles. The van der Waals surface area contributed by atoms with Gasteiger partial charge in [-0.05, 0) is 65.9 Å². The third-order valence-electron chi connectivity index (χ3n) is 2.47. The predicted molar refractivity (Wildman–Crippen MR) is 83.9 cm³/mol. The van der Waals surface area contributed by atoms with Crippen molar-refractivity contribution in [3.8, 4) is 0 Å². The molecule has 0 bridgehead atoms. The summed E-state index contributed by atoms with van der Waals surface area (Å²) in [6.07, 6.45) is 0. The van der Waals surface area contributed by atoms with E-state index in [0.717, 1.165) is 15.0 Å². The van der Waals surface area contributed by atoms with E-state index >= 15 is 0 Å². The smallest absolute Gasteiger partial charge is 0.255 e. The zero-order valence-electron chi connectivity index (χ0n) is 10.3. The molecule has 6 heteroatoms. The summed E-state index contributed by atoms with van der Waals surface area (Å²) in [7, 11) is 0. The Labute approximate surface area is 124 Å². The molecule has 0 aliphatic rings. The van der Waals surface area contributed by atoms with E-state index < -0.39 is 0 Å². The van der Waals surface area contributed by atoms with Gasteiger partial charge >= 0.3 is 0 Å². The Bertz CT molecular complexity index is 598. The molecule has 0 spiro atoms. The van der Waals surface area contributed by atoms with Gasteiger partial charge in [-0.3, -0.25) is 4.79 Å². The number of nitrogens with one attached hydrogen (secondary N) is 2. The van der Waals surface area contributed by atoms with Crippen molar-refractivity contribution in [2.45, 2.75) is 6.92 Å². The average Bonchev–Trinajstić information content (AvgIpc) is 2.40. The van der Waals surface area contributed by atoms with Crippen LogP contribution in [0.1, 0.15) is 16.1 Å². The van der Waals surface area contributed by atoms with Gasteiger partial charge in [0.2, 0.25) is 0 Å². The molecule has 5 nitrogen and oxygen atoms in total. The number of halogens is 1. The summed E-state index contributed by atoms with van der Waals surface area (Å²) in [6, 6.07) is 10.9. The second-order valence-electron chi connectivity index (χ2n) is 3.99. The number of nitrogens with two attached hydrogens (primary N) is 1. The lowest BCUT2D eigenvalue weighted by molar-refractivity contribution is 0.102. The predicted octanol–water partition coefficient (Wildman–Crippen LogP) is 2.53. The van der Waals surface area contributed by atoms with Gasteiger partial charge in [-0.1, -0.05) is 0 Å². The van der Waals surface area contributed by atoms with Crippen LogP contribution in [0.2, 0.25) is 0 Å². The average molecular weight is 368 g/mol. The summed E-state index contributed by atoms with van der Waals surface area (Å²) >= 11 is 2.21. The van der Waals surface area contributed by atoms with E-state index in [2.05, 4.69) is 38.3 Å². The molecule has 2 aromatic rings. The highest BCUT2D eigenvalue weighted by molar-refractivity contribution is 14.1. The van der Waals surface area contributed by atoms with Crippen molar-refractivity contribution >= 4 is 40.0 Å². The molecular formula is C13H13IN4O. The van der Waals surface area contributed by atoms with Gasteiger partial charge in [-0.15, -0.1) is 0 Å². The van der Waals surface area contributed by atoms with Crippen LogP contribution in [0.4, 0.5) is 11.5 Å². The molecular weight excluding hydrogens is 355 g/mol. The highest BCUT2D eigenvalue weighted by atomic mass is 127. The normalized spacial score (nSPS) is 10.1. The number of carbonyl (C=O) groups excluding carboxylic acids is 1. The molecule has 0 saturated carbocycles. The maximum absolute atomic E-state index is 12.1. The van der Waals surface area contributed by atoms with Gasteiger partial charge in [0.15, 0.2) is 0 Å². The summed E-state index contributed by atoms with van der Waals surface area (Å²) in [5.74, 6) is 5.59. The van der Waals surface area contributed by atoms with Gasteiger partial charge in [-0.2, -0.15) is 0 Å². The molecule has 19 heavy (non-hydrogen) atoms. The molecule has 0 atom stereocenters. The first-order valence-corrected chi connectivity index (χ1v) is 6.68. The molecule has 0 saturated heterocycles. The maximum atomic E-state index is 12.1. The Hall–Kier alpha value is -1.67. The molecule has 0 radical (unpaired) electrons. The van der Waals surface area contributed by atoms with Crippen LogP contribution >= 0.6 is 22.6 Å². The summed E-state index contributed by atoms with van der Waals surface area (Å²) in [5.41, 5.74) is 4.43. The number of hydrogen-bond acceptors (Lipinski definition) is 4. The van der Waals surface area contributed by atoms with Gasteiger partial charge in [0.25, 0.3) is 5.91 Å². The highest BCUT2D eigenvalue weighted by Crippen LogP contribution is 2.14. The number of carbonyl (C=O) groups is 1. The molecule has 0 aliphatic carbocycles. The number of nitrogens with zero attached hydrogens (tertiary/aromatic N) is 1. The number of pyridine rings is 1. The molecule has 0 aliphatic heterocycles. The third kappa shape index (κ3) is 3.65. The molecule has 0 unspecified atom stereocenters. The van der Waals surface area contributed by atoms with E-state index in [4.69, 9.17) is 5.84 Å². The fourth-order valence-electron chi connectivity index (χ4n) is 1.61. The molecule has 1 aromatic heterocycles. The minimum Gasteiger partial charge on any atom is -0.322 e. The van der Waals surface area contributed by atoms with Gasteiger partial charge in [0.05, 0.1) is 0 Å². The first-order valence-electron chi connectivity index (χ1n) is 5.61. The van der Waals surface area contributed by atoms with Gasteiger partial charge in [-0.25, -0.2) is 10.8 Å². The largest absolute Gasteiger partial charge is 0.322 e. The van der Waals surface area contributed by atoms with Crippen molar-refractivity contribution < 1.29 is 4.79 Å². The lowest BCUT2D eigenvalue weighted by Gasteiger charge is -2.08. The van der Waals surface area contributed by atoms with Crippen LogP contribution < -0.4 is 16.6 Å². The lowest BCUT2D eigenvalue weighted by Crippen LogP contribution is -2.15. The fourth-order valence-corrected chi connectivity index (χ4v) is 1.97. The Balaban J connectivity index is 2.20. The lowest BCUT2D eigenvalue weighted by atomic mass is 10.2. The number of rotatable bonds is 3. The van der Waals surface area contributed by atoms with Crippen molar-refractivity contribution in [3.05, 3.63) is 51.2 Å². The van der Waals surface area contributed by atoms with Crippen LogP contribution in [0.5, 0.6) is 0 Å². The second kappa shape index (κ2) is 5.98. The van der Waals surface area contributed by atoms with Crippen molar-refractivity contribution in [2.24, 2.45) is 5.84 Å². The van der Waals surface area contributed by atoms with Crippen molar-refractivity contribution in [2.75, 3.05) is 10.7 Å². The first kappa shape index (κ1) is 13.8. The Morgan fingerprint density at radius 3 is 2.58 bits per heavy atom. The summed E-state index contributed by atoms with van der Waals surface area (Å²) in [5, 5.41) is 2.83. The molecule has 2 rings (SSSR count). The molecule has 4 N–H and O–H groups in total. The Morgan fingerprint density at radius 1 is 1.26 bits per heavy atom. The number of amides is 1. The van der Waals surface area contributed by atoms with Crippen molar-refractivity contribution in [3.63, 3.8) is 0 Å². The fraction of sp³-hybridized carbons (Fsp3) is 0.0769. The summed E-state index contributed by atoms with van der Waals surface area (Å²) in [4.78, 5) is 16.2. The Morgan fingerprint density at radius 2 is 1.95 bits per heavy atom. The van der Waals surface area contributed by atoms with Gasteiger partial charge < -0.3 is 10.7 Å². The van der Waals surface area contributed by atoms with E-state index in [-0.39, 0.29) is 5.91 Å². The number of aromatic nitrogens is 1. The van der Waals surface area contributed by atoms with E-state index in [9.17, 15) is 4.79 Å². The third-order valence-corrected chi connectivity index (χ3v) is 3.18. The highest BCUT2D eigenvalue weighted by Gasteiger charge is 2.08. The van der Waals surface area contributed by atoms with E-state index in [1.54, 1.807) is 12.1 Å². The zero-order valence-corrected chi connectivity index (χ0v) is 12.4. The maximum Gasteiger partial charge on any atom is 0.255 e. The zero-order chi connectivity index (χ0) is 13.8. The van der Waals surface area contributed by atoms with Gasteiger partial charge in [0.1, 0.15) is 5.82 Å². The standard InChI is InChI=1S/C13H13IN4O/c1-8-6-9(7-12(16-8)18-15)13(19)17-11-4-2-10(14)3-5-11/h2-7H,15H2,1H3,(H,16,18)(H,17,19). The quantitative estimate of drug-likeness (QED) is 0.442. The van der Waals surface area contributed by atoms with E-state index in [1.165, 1.54) is 0 Å². The second-order valence-corrected chi connectivity index (χ2v) is 5.23. The van der Waals surface area contributed by atoms with Crippen LogP contribution in [-0.4, -0.2) is 10.9 Å². The van der Waals surface area contributed by atoms with E-state index in [1.807, 2.05) is 31.2 Å². The number of anilines is 2. The first-order chi connectivity index (χ1) is 9.08. The van der Waals surface area contributed by atoms with Crippen molar-refractivity contribution in [1.29, 1.82) is 0 Å². The minimum atomic E-state index is -0.191. The van der Waals surface area contributed by atoms with Gasteiger partial charge in [0, 0.05) is 20.5 Å². The number of aryl methyl sites for hydroxylation is 1.